The molecule has 0 aliphatic carbocycles. The van der Waals surface area contributed by atoms with Crippen LogP contribution in [0.1, 0.15) is 23.1 Å². The molecule has 1 fully saturated rings. The van der Waals surface area contributed by atoms with Crippen molar-refractivity contribution < 1.29 is 9.18 Å². The molecule has 24 heavy (non-hydrogen) atoms. The second kappa shape index (κ2) is 5.93. The van der Waals surface area contributed by atoms with E-state index in [9.17, 15) is 9.18 Å². The van der Waals surface area contributed by atoms with Crippen LogP contribution in [0.2, 0.25) is 0 Å². The first kappa shape index (κ1) is 14.6. The van der Waals surface area contributed by atoms with E-state index in [2.05, 4.69) is 0 Å². The lowest BCUT2D eigenvalue weighted by atomic mass is 9.77. The van der Waals surface area contributed by atoms with E-state index in [0.717, 1.165) is 16.8 Å². The third kappa shape index (κ3) is 2.38. The Hall–Kier alpha value is -2.94. The largest absolute Gasteiger partial charge is 0.303 e. The summed E-state index contributed by atoms with van der Waals surface area (Å²) in [6, 6.07) is 25.7. The SMILES string of the molecule is O=C1C(c2ccccc2)C(c2ccc(F)cc2)N1c1ccccc1. The van der Waals surface area contributed by atoms with E-state index in [1.54, 1.807) is 17.0 Å². The maximum atomic E-state index is 13.3. The molecule has 2 nitrogen and oxygen atoms in total. The van der Waals surface area contributed by atoms with E-state index in [0.29, 0.717) is 0 Å². The molecule has 3 aromatic rings. The predicted octanol–water partition coefficient (Wildman–Crippen LogP) is 4.70. The predicted molar refractivity (Wildman–Crippen MR) is 92.3 cm³/mol. The Kier molecular flexibility index (Phi) is 3.62. The van der Waals surface area contributed by atoms with Gasteiger partial charge in [-0.1, -0.05) is 60.7 Å². The number of para-hydroxylation sites is 1. The summed E-state index contributed by atoms with van der Waals surface area (Å²) in [6.45, 7) is 0. The van der Waals surface area contributed by atoms with Crippen molar-refractivity contribution in [2.45, 2.75) is 12.0 Å². The number of β-lactam (4-membered cyclic amide) rings is 1. The lowest BCUT2D eigenvalue weighted by Crippen LogP contribution is -2.53. The molecule has 0 radical (unpaired) electrons. The van der Waals surface area contributed by atoms with Crippen LogP contribution in [0, 0.1) is 5.82 Å². The summed E-state index contributed by atoms with van der Waals surface area (Å²) in [5.74, 6) is -0.439. The van der Waals surface area contributed by atoms with Gasteiger partial charge in [-0.15, -0.1) is 0 Å². The fraction of sp³-hybridized carbons (Fsp3) is 0.0952. The van der Waals surface area contributed by atoms with Crippen molar-refractivity contribution in [2.24, 2.45) is 0 Å². The van der Waals surface area contributed by atoms with Gasteiger partial charge in [-0.05, 0) is 35.4 Å². The molecule has 2 atom stereocenters. The minimum Gasteiger partial charge on any atom is -0.303 e. The third-order valence-electron chi connectivity index (χ3n) is 4.50. The minimum atomic E-state index is -0.271. The van der Waals surface area contributed by atoms with E-state index in [1.807, 2.05) is 60.7 Å². The number of hydrogen-bond acceptors (Lipinski definition) is 1. The molecular weight excluding hydrogens is 301 g/mol. The van der Waals surface area contributed by atoms with Crippen LogP contribution < -0.4 is 4.90 Å². The Bertz CT molecular complexity index is 797. The Labute approximate surface area is 140 Å². The monoisotopic (exact) mass is 317 g/mol. The first-order chi connectivity index (χ1) is 11.8. The zero-order chi connectivity index (χ0) is 16.5. The number of benzene rings is 3. The zero-order valence-corrected chi connectivity index (χ0v) is 13.0. The first-order valence-corrected chi connectivity index (χ1v) is 7.94. The molecule has 1 aliphatic rings. The highest BCUT2D eigenvalue weighted by atomic mass is 19.1. The van der Waals surface area contributed by atoms with Gasteiger partial charge in [0.25, 0.3) is 0 Å². The number of anilines is 1. The van der Waals surface area contributed by atoms with Crippen molar-refractivity contribution >= 4 is 11.6 Å². The topological polar surface area (TPSA) is 20.3 Å². The molecule has 0 N–H and O–H groups in total. The molecule has 1 aliphatic heterocycles. The molecular formula is C21H16FNO. The number of carbonyl (C=O) groups is 1. The molecule has 0 bridgehead atoms. The summed E-state index contributed by atoms with van der Waals surface area (Å²) in [4.78, 5) is 14.7. The van der Waals surface area contributed by atoms with Gasteiger partial charge < -0.3 is 4.90 Å². The number of hydrogen-bond donors (Lipinski definition) is 0. The van der Waals surface area contributed by atoms with Crippen LogP contribution in [0.25, 0.3) is 0 Å². The molecule has 0 spiro atoms. The van der Waals surface area contributed by atoms with Gasteiger partial charge in [0, 0.05) is 5.69 Å². The molecule has 0 saturated carbocycles. The smallest absolute Gasteiger partial charge is 0.237 e. The second-order valence-corrected chi connectivity index (χ2v) is 5.93. The average molecular weight is 317 g/mol. The molecule has 3 heteroatoms. The van der Waals surface area contributed by atoms with Gasteiger partial charge in [-0.3, -0.25) is 4.79 Å². The van der Waals surface area contributed by atoms with E-state index >= 15 is 0 Å². The number of nitrogens with zero attached hydrogens (tertiary/aromatic N) is 1. The molecule has 3 aromatic carbocycles. The zero-order valence-electron chi connectivity index (χ0n) is 13.0. The van der Waals surface area contributed by atoms with Gasteiger partial charge >= 0.3 is 0 Å². The highest BCUT2D eigenvalue weighted by molar-refractivity contribution is 6.06. The number of halogens is 1. The summed E-state index contributed by atoms with van der Waals surface area (Å²) in [7, 11) is 0. The Morgan fingerprint density at radius 3 is 1.92 bits per heavy atom. The molecule has 1 heterocycles. The van der Waals surface area contributed by atoms with Gasteiger partial charge in [-0.25, -0.2) is 4.39 Å². The standard InChI is InChI=1S/C21H16FNO/c22-17-13-11-16(12-14-17)20-19(15-7-3-1-4-8-15)21(24)23(20)18-9-5-2-6-10-18/h1-14,19-20H. The van der Waals surface area contributed by atoms with Crippen molar-refractivity contribution in [3.05, 3.63) is 102 Å². The van der Waals surface area contributed by atoms with Gasteiger partial charge in [0.1, 0.15) is 5.82 Å². The molecule has 1 amide bonds. The third-order valence-corrected chi connectivity index (χ3v) is 4.50. The summed E-state index contributed by atoms with van der Waals surface area (Å²) in [5.41, 5.74) is 2.79. The highest BCUT2D eigenvalue weighted by Gasteiger charge is 2.49. The van der Waals surface area contributed by atoms with Crippen molar-refractivity contribution in [3.8, 4) is 0 Å². The molecule has 118 valence electrons. The fourth-order valence-corrected chi connectivity index (χ4v) is 3.35. The molecule has 0 aromatic heterocycles. The van der Waals surface area contributed by atoms with Crippen molar-refractivity contribution in [2.75, 3.05) is 4.90 Å². The minimum absolute atomic E-state index is 0.0710. The van der Waals surface area contributed by atoms with Gasteiger partial charge in [-0.2, -0.15) is 0 Å². The summed E-state index contributed by atoms with van der Waals surface area (Å²) < 4.78 is 13.3. The average Bonchev–Trinajstić information content (AvgIpc) is 2.62. The summed E-state index contributed by atoms with van der Waals surface area (Å²) in [6.07, 6.45) is 0. The van der Waals surface area contributed by atoms with Crippen molar-refractivity contribution in [3.63, 3.8) is 0 Å². The molecule has 4 rings (SSSR count). The van der Waals surface area contributed by atoms with Gasteiger partial charge in [0.15, 0.2) is 0 Å². The van der Waals surface area contributed by atoms with Crippen molar-refractivity contribution in [1.29, 1.82) is 0 Å². The number of rotatable bonds is 3. The van der Waals surface area contributed by atoms with Crippen LogP contribution in [0.15, 0.2) is 84.9 Å². The second-order valence-electron chi connectivity index (χ2n) is 5.93. The van der Waals surface area contributed by atoms with Gasteiger partial charge in [0.2, 0.25) is 5.91 Å². The van der Waals surface area contributed by atoms with E-state index in [1.165, 1.54) is 12.1 Å². The van der Waals surface area contributed by atoms with E-state index in [-0.39, 0.29) is 23.7 Å². The lowest BCUT2D eigenvalue weighted by molar-refractivity contribution is -0.126. The van der Waals surface area contributed by atoms with E-state index < -0.39 is 0 Å². The van der Waals surface area contributed by atoms with Crippen LogP contribution in [0.3, 0.4) is 0 Å². The van der Waals surface area contributed by atoms with Crippen LogP contribution in [-0.4, -0.2) is 5.91 Å². The maximum absolute atomic E-state index is 13.3. The van der Waals surface area contributed by atoms with E-state index in [4.69, 9.17) is 0 Å². The van der Waals surface area contributed by atoms with Crippen LogP contribution in [-0.2, 0) is 4.79 Å². The summed E-state index contributed by atoms with van der Waals surface area (Å²) in [5, 5.41) is 0. The maximum Gasteiger partial charge on any atom is 0.237 e. The van der Waals surface area contributed by atoms with Crippen molar-refractivity contribution in [1.82, 2.24) is 0 Å². The Morgan fingerprint density at radius 1 is 0.708 bits per heavy atom. The fourth-order valence-electron chi connectivity index (χ4n) is 3.35. The highest BCUT2D eigenvalue weighted by Crippen LogP contribution is 2.48. The lowest BCUT2D eigenvalue weighted by Gasteiger charge is -2.47. The normalized spacial score (nSPS) is 19.9. The summed E-state index contributed by atoms with van der Waals surface area (Å²) >= 11 is 0. The quantitative estimate of drug-likeness (QED) is 0.641. The molecule has 2 unspecified atom stereocenters. The van der Waals surface area contributed by atoms with Crippen LogP contribution in [0.4, 0.5) is 10.1 Å². The Balaban J connectivity index is 1.78. The number of carbonyl (C=O) groups excluding carboxylic acids is 1. The Morgan fingerprint density at radius 2 is 1.29 bits per heavy atom. The number of amides is 1. The van der Waals surface area contributed by atoms with Gasteiger partial charge in [0.05, 0.1) is 12.0 Å². The first-order valence-electron chi connectivity index (χ1n) is 7.94. The molecule has 1 saturated heterocycles. The van der Waals surface area contributed by atoms with Crippen LogP contribution >= 0.6 is 0 Å². The van der Waals surface area contributed by atoms with Crippen LogP contribution in [0.5, 0.6) is 0 Å².